The third kappa shape index (κ3) is 6.62. The number of benzene rings is 1. The van der Waals surface area contributed by atoms with Gasteiger partial charge in [-0.25, -0.2) is 4.98 Å². The molecule has 1 aromatic carbocycles. The molecule has 3 N–H and O–H groups in total. The standard InChI is InChI=1S/C29H43N5O/c1-6-7-20(2)32-28-31-17-25-26(18-34(27(25)33-28)23-12-14-24(35)15-13-23)22-10-8-21(9-11-22)16-30-19-29(3,4)5/h8-11,17-18,20,23-24,30,35H,6-7,12-16,19H2,1-5H3,(H,31,32,33)/t20?,23-,24-. The Morgan fingerprint density at radius 3 is 2.49 bits per heavy atom. The Hall–Kier alpha value is -2.44. The summed E-state index contributed by atoms with van der Waals surface area (Å²) in [6.07, 6.45) is 9.92. The molecular weight excluding hydrogens is 434 g/mol. The molecule has 2 heterocycles. The molecule has 1 atom stereocenters. The molecule has 2 aromatic heterocycles. The van der Waals surface area contributed by atoms with Crippen LogP contribution in [0.15, 0.2) is 36.7 Å². The van der Waals surface area contributed by atoms with E-state index in [-0.39, 0.29) is 11.5 Å². The van der Waals surface area contributed by atoms with Crippen molar-refractivity contribution in [1.29, 1.82) is 0 Å². The van der Waals surface area contributed by atoms with Crippen LogP contribution in [-0.2, 0) is 6.54 Å². The number of fused-ring (bicyclic) bond motifs is 1. The molecule has 0 radical (unpaired) electrons. The third-order valence-corrected chi connectivity index (χ3v) is 6.98. The fourth-order valence-corrected chi connectivity index (χ4v) is 5.05. The number of rotatable bonds is 9. The van der Waals surface area contributed by atoms with Gasteiger partial charge in [0.25, 0.3) is 0 Å². The normalized spacial score (nSPS) is 19.7. The molecule has 6 heteroatoms. The first-order valence-electron chi connectivity index (χ1n) is 13.4. The Bertz CT molecular complexity index is 1090. The average molecular weight is 478 g/mol. The SMILES string of the molecule is CCCC(C)Nc1ncc2c(-c3ccc(CNCC(C)(C)C)cc3)cn([C@H]3CC[C@H](O)CC3)c2n1. The van der Waals surface area contributed by atoms with E-state index >= 15 is 0 Å². The number of anilines is 1. The largest absolute Gasteiger partial charge is 0.393 e. The molecule has 4 rings (SSSR count). The Morgan fingerprint density at radius 1 is 1.11 bits per heavy atom. The van der Waals surface area contributed by atoms with Crippen LogP contribution >= 0.6 is 0 Å². The van der Waals surface area contributed by atoms with E-state index < -0.39 is 0 Å². The minimum Gasteiger partial charge on any atom is -0.393 e. The summed E-state index contributed by atoms with van der Waals surface area (Å²) in [4.78, 5) is 9.67. The first kappa shape index (κ1) is 25.6. The van der Waals surface area contributed by atoms with Crippen molar-refractivity contribution in [3.05, 3.63) is 42.2 Å². The number of aliphatic hydroxyl groups is 1. The van der Waals surface area contributed by atoms with Crippen molar-refractivity contribution >= 4 is 17.0 Å². The molecule has 1 fully saturated rings. The summed E-state index contributed by atoms with van der Waals surface area (Å²) in [6.45, 7) is 13.0. The second-order valence-corrected chi connectivity index (χ2v) is 11.5. The van der Waals surface area contributed by atoms with Gasteiger partial charge in [-0.1, -0.05) is 58.4 Å². The lowest BCUT2D eigenvalue weighted by molar-refractivity contribution is 0.111. The van der Waals surface area contributed by atoms with E-state index in [4.69, 9.17) is 4.98 Å². The zero-order chi connectivity index (χ0) is 25.0. The molecule has 1 aliphatic rings. The summed E-state index contributed by atoms with van der Waals surface area (Å²) in [7, 11) is 0. The maximum Gasteiger partial charge on any atom is 0.224 e. The van der Waals surface area contributed by atoms with Gasteiger partial charge in [0.05, 0.1) is 6.10 Å². The second-order valence-electron chi connectivity index (χ2n) is 11.5. The zero-order valence-electron chi connectivity index (χ0n) is 22.1. The van der Waals surface area contributed by atoms with E-state index in [1.807, 2.05) is 6.20 Å². The Kier molecular flexibility index (Phi) is 8.12. The van der Waals surface area contributed by atoms with Crippen LogP contribution in [0.4, 0.5) is 5.95 Å². The highest BCUT2D eigenvalue weighted by atomic mass is 16.3. The van der Waals surface area contributed by atoms with Gasteiger partial charge in [-0.15, -0.1) is 0 Å². The van der Waals surface area contributed by atoms with Gasteiger partial charge in [0, 0.05) is 48.5 Å². The fraction of sp³-hybridized carbons (Fsp3) is 0.586. The molecule has 0 aliphatic heterocycles. The van der Waals surface area contributed by atoms with Gasteiger partial charge in [-0.05, 0) is 55.6 Å². The monoisotopic (exact) mass is 477 g/mol. The summed E-state index contributed by atoms with van der Waals surface area (Å²) < 4.78 is 2.34. The van der Waals surface area contributed by atoms with Crippen molar-refractivity contribution in [2.75, 3.05) is 11.9 Å². The first-order valence-corrected chi connectivity index (χ1v) is 13.4. The molecule has 1 aliphatic carbocycles. The van der Waals surface area contributed by atoms with Gasteiger partial charge in [-0.2, -0.15) is 4.98 Å². The number of aromatic nitrogens is 3. The molecule has 190 valence electrons. The lowest BCUT2D eigenvalue weighted by Crippen LogP contribution is -2.26. The number of nitrogens with zero attached hydrogens (tertiary/aromatic N) is 3. The molecule has 1 saturated carbocycles. The number of nitrogens with one attached hydrogen (secondary N) is 2. The molecule has 0 saturated heterocycles. The van der Waals surface area contributed by atoms with E-state index in [1.54, 1.807) is 0 Å². The van der Waals surface area contributed by atoms with Crippen LogP contribution in [0.5, 0.6) is 0 Å². The highest BCUT2D eigenvalue weighted by Gasteiger charge is 2.24. The molecule has 3 aromatic rings. The highest BCUT2D eigenvalue weighted by molar-refractivity contribution is 5.94. The molecule has 6 nitrogen and oxygen atoms in total. The Morgan fingerprint density at radius 2 is 1.83 bits per heavy atom. The summed E-state index contributed by atoms with van der Waals surface area (Å²) in [6, 6.07) is 9.56. The smallest absolute Gasteiger partial charge is 0.224 e. The van der Waals surface area contributed by atoms with Crippen LogP contribution in [0.25, 0.3) is 22.2 Å². The molecular formula is C29H43N5O. The van der Waals surface area contributed by atoms with Crippen molar-refractivity contribution in [1.82, 2.24) is 19.9 Å². The minimum absolute atomic E-state index is 0.172. The molecule has 0 spiro atoms. The highest BCUT2D eigenvalue weighted by Crippen LogP contribution is 2.36. The van der Waals surface area contributed by atoms with Gasteiger partial charge in [0.15, 0.2) is 0 Å². The van der Waals surface area contributed by atoms with Crippen molar-refractivity contribution < 1.29 is 5.11 Å². The van der Waals surface area contributed by atoms with E-state index in [1.165, 1.54) is 16.7 Å². The second kappa shape index (κ2) is 11.1. The maximum atomic E-state index is 10.0. The van der Waals surface area contributed by atoms with E-state index in [9.17, 15) is 5.11 Å². The topological polar surface area (TPSA) is 75.0 Å². The van der Waals surface area contributed by atoms with Crippen LogP contribution in [0.1, 0.15) is 84.7 Å². The number of hydrogen-bond donors (Lipinski definition) is 3. The third-order valence-electron chi connectivity index (χ3n) is 6.98. The summed E-state index contributed by atoms with van der Waals surface area (Å²) >= 11 is 0. The average Bonchev–Trinajstić information content (AvgIpc) is 3.18. The maximum absolute atomic E-state index is 10.0. The lowest BCUT2D eigenvalue weighted by atomic mass is 9.93. The van der Waals surface area contributed by atoms with Gasteiger partial charge in [-0.3, -0.25) is 0 Å². The first-order chi connectivity index (χ1) is 16.7. The number of aliphatic hydroxyl groups excluding tert-OH is 1. The number of hydrogen-bond acceptors (Lipinski definition) is 5. The van der Waals surface area contributed by atoms with Gasteiger partial charge in [0.2, 0.25) is 5.95 Å². The van der Waals surface area contributed by atoms with Crippen molar-refractivity contribution in [2.45, 2.75) is 97.9 Å². The Labute approximate surface area is 210 Å². The molecule has 35 heavy (non-hydrogen) atoms. The van der Waals surface area contributed by atoms with E-state index in [0.717, 1.165) is 62.6 Å². The van der Waals surface area contributed by atoms with Crippen molar-refractivity contribution in [3.63, 3.8) is 0 Å². The molecule has 0 bridgehead atoms. The van der Waals surface area contributed by atoms with Crippen molar-refractivity contribution in [3.8, 4) is 11.1 Å². The fourth-order valence-electron chi connectivity index (χ4n) is 5.05. The lowest BCUT2D eigenvalue weighted by Gasteiger charge is -2.27. The van der Waals surface area contributed by atoms with Crippen LogP contribution in [0.3, 0.4) is 0 Å². The van der Waals surface area contributed by atoms with Gasteiger partial charge >= 0.3 is 0 Å². The van der Waals surface area contributed by atoms with Crippen LogP contribution < -0.4 is 10.6 Å². The van der Waals surface area contributed by atoms with E-state index in [0.29, 0.717) is 18.0 Å². The Balaban J connectivity index is 1.63. The van der Waals surface area contributed by atoms with Crippen molar-refractivity contribution in [2.24, 2.45) is 5.41 Å². The zero-order valence-corrected chi connectivity index (χ0v) is 22.1. The summed E-state index contributed by atoms with van der Waals surface area (Å²) in [5, 5.41) is 18.2. The molecule has 0 amide bonds. The summed E-state index contributed by atoms with van der Waals surface area (Å²) in [5.74, 6) is 0.695. The predicted octanol–water partition coefficient (Wildman–Crippen LogP) is 6.31. The molecule has 1 unspecified atom stereocenters. The quantitative estimate of drug-likeness (QED) is 0.337. The van der Waals surface area contributed by atoms with Gasteiger partial charge in [0.1, 0.15) is 5.65 Å². The minimum atomic E-state index is -0.172. The van der Waals surface area contributed by atoms with E-state index in [2.05, 4.69) is 85.3 Å². The van der Waals surface area contributed by atoms with Crippen LogP contribution in [-0.4, -0.2) is 38.3 Å². The van der Waals surface area contributed by atoms with Crippen LogP contribution in [0, 0.1) is 5.41 Å². The summed E-state index contributed by atoms with van der Waals surface area (Å²) in [5.41, 5.74) is 4.91. The predicted molar refractivity (Wildman–Crippen MR) is 146 cm³/mol. The van der Waals surface area contributed by atoms with Crippen LogP contribution in [0.2, 0.25) is 0 Å². The van der Waals surface area contributed by atoms with Gasteiger partial charge < -0.3 is 20.3 Å².